The second-order valence-corrected chi connectivity index (χ2v) is 4.92. The topological polar surface area (TPSA) is 12.5 Å². The van der Waals surface area contributed by atoms with Crippen molar-refractivity contribution in [3.05, 3.63) is 54.6 Å². The van der Waals surface area contributed by atoms with Crippen LogP contribution in [0.15, 0.2) is 49.1 Å². The van der Waals surface area contributed by atoms with Crippen molar-refractivity contribution >= 4 is 11.3 Å². The fourth-order valence-electron chi connectivity index (χ4n) is 2.61. The first kappa shape index (κ1) is 14.4. The van der Waals surface area contributed by atoms with E-state index in [4.69, 9.17) is 4.74 Å². The monoisotopic (exact) mass is 269 g/mol. The van der Waals surface area contributed by atoms with E-state index < -0.39 is 0 Å². The molecule has 1 aliphatic rings. The van der Waals surface area contributed by atoms with E-state index in [0.29, 0.717) is 0 Å². The summed E-state index contributed by atoms with van der Waals surface area (Å²) in [5.41, 5.74) is 3.55. The second kappa shape index (κ2) is 6.99. The van der Waals surface area contributed by atoms with E-state index in [-0.39, 0.29) is 0 Å². The van der Waals surface area contributed by atoms with Crippen molar-refractivity contribution in [2.24, 2.45) is 0 Å². The molecule has 20 heavy (non-hydrogen) atoms. The van der Waals surface area contributed by atoms with E-state index in [2.05, 4.69) is 41.8 Å². The number of hydrogen-bond donors (Lipinski definition) is 0. The van der Waals surface area contributed by atoms with Crippen LogP contribution >= 0.6 is 0 Å². The number of allylic oxidation sites excluding steroid dienone is 5. The molecular formula is C18H23NO. The lowest BCUT2D eigenvalue weighted by Gasteiger charge is -2.21. The molecule has 1 aromatic carbocycles. The summed E-state index contributed by atoms with van der Waals surface area (Å²) in [5.74, 6) is 0.954. The first-order valence-corrected chi connectivity index (χ1v) is 7.19. The van der Waals surface area contributed by atoms with Crippen molar-refractivity contribution in [2.45, 2.75) is 19.8 Å². The van der Waals surface area contributed by atoms with Gasteiger partial charge in [-0.3, -0.25) is 0 Å². The van der Waals surface area contributed by atoms with Crippen LogP contribution in [0, 0.1) is 0 Å². The Labute approximate surface area is 122 Å². The van der Waals surface area contributed by atoms with E-state index in [0.717, 1.165) is 18.8 Å². The van der Waals surface area contributed by atoms with Crippen LogP contribution in [0.5, 0.6) is 5.75 Å². The Bertz CT molecular complexity index is 522. The molecule has 1 fully saturated rings. The minimum atomic E-state index is 0.954. The van der Waals surface area contributed by atoms with Gasteiger partial charge in [-0.15, -0.1) is 0 Å². The molecule has 0 bridgehead atoms. The van der Waals surface area contributed by atoms with Gasteiger partial charge in [0.1, 0.15) is 5.75 Å². The van der Waals surface area contributed by atoms with Gasteiger partial charge < -0.3 is 9.64 Å². The SMILES string of the molecule is C=C/C=C\C(=C/C)c1ccc(N2CCCC2)c(OC)c1. The third kappa shape index (κ3) is 3.13. The number of hydrogen-bond acceptors (Lipinski definition) is 2. The molecular weight excluding hydrogens is 246 g/mol. The second-order valence-electron chi connectivity index (χ2n) is 4.92. The molecule has 2 nitrogen and oxygen atoms in total. The molecule has 0 amide bonds. The molecule has 1 aliphatic heterocycles. The minimum absolute atomic E-state index is 0.954. The quantitative estimate of drug-likeness (QED) is 0.733. The molecule has 2 rings (SSSR count). The molecule has 1 saturated heterocycles. The maximum absolute atomic E-state index is 5.58. The molecule has 0 aromatic heterocycles. The summed E-state index contributed by atoms with van der Waals surface area (Å²) in [5, 5.41) is 0. The smallest absolute Gasteiger partial charge is 0.142 e. The Kier molecular flexibility index (Phi) is 5.05. The molecule has 0 unspecified atom stereocenters. The lowest BCUT2D eigenvalue weighted by atomic mass is 10.0. The van der Waals surface area contributed by atoms with Gasteiger partial charge in [0.25, 0.3) is 0 Å². The lowest BCUT2D eigenvalue weighted by Crippen LogP contribution is -2.18. The Morgan fingerprint density at radius 2 is 2.05 bits per heavy atom. The van der Waals surface area contributed by atoms with Crippen LogP contribution in [-0.4, -0.2) is 20.2 Å². The van der Waals surface area contributed by atoms with Gasteiger partial charge in [-0.1, -0.05) is 36.9 Å². The van der Waals surface area contributed by atoms with Crippen molar-refractivity contribution in [2.75, 3.05) is 25.1 Å². The molecule has 0 spiro atoms. The van der Waals surface area contributed by atoms with Crippen LogP contribution in [0.25, 0.3) is 5.57 Å². The number of benzene rings is 1. The van der Waals surface area contributed by atoms with Gasteiger partial charge in [-0.2, -0.15) is 0 Å². The highest BCUT2D eigenvalue weighted by atomic mass is 16.5. The molecule has 0 aliphatic carbocycles. The highest BCUT2D eigenvalue weighted by Crippen LogP contribution is 2.33. The molecule has 1 aromatic rings. The first-order chi connectivity index (χ1) is 9.80. The summed E-state index contributed by atoms with van der Waals surface area (Å²) in [7, 11) is 1.74. The zero-order valence-corrected chi connectivity index (χ0v) is 12.4. The number of anilines is 1. The fourth-order valence-corrected chi connectivity index (χ4v) is 2.61. The molecule has 1 heterocycles. The van der Waals surface area contributed by atoms with Crippen molar-refractivity contribution in [1.82, 2.24) is 0 Å². The van der Waals surface area contributed by atoms with Gasteiger partial charge in [0.15, 0.2) is 0 Å². The predicted molar refractivity (Wildman–Crippen MR) is 87.4 cm³/mol. The van der Waals surface area contributed by atoms with Gasteiger partial charge in [-0.05, 0) is 43.0 Å². The average Bonchev–Trinajstić information content (AvgIpc) is 3.02. The third-order valence-corrected chi connectivity index (χ3v) is 3.68. The predicted octanol–water partition coefficient (Wildman–Crippen LogP) is 4.44. The minimum Gasteiger partial charge on any atom is -0.495 e. The first-order valence-electron chi connectivity index (χ1n) is 7.19. The van der Waals surface area contributed by atoms with Crippen molar-refractivity contribution < 1.29 is 4.74 Å². The molecule has 0 atom stereocenters. The largest absolute Gasteiger partial charge is 0.495 e. The van der Waals surface area contributed by atoms with Crippen LogP contribution in [0.3, 0.4) is 0 Å². The summed E-state index contributed by atoms with van der Waals surface area (Å²) in [6.07, 6.45) is 10.5. The Balaban J connectivity index is 2.33. The van der Waals surface area contributed by atoms with Gasteiger partial charge in [0, 0.05) is 13.1 Å². The fraction of sp³-hybridized carbons (Fsp3) is 0.333. The molecule has 2 heteroatoms. The lowest BCUT2D eigenvalue weighted by molar-refractivity contribution is 0.415. The summed E-state index contributed by atoms with van der Waals surface area (Å²) in [6.45, 7) is 8.02. The van der Waals surface area contributed by atoms with Gasteiger partial charge >= 0.3 is 0 Å². The third-order valence-electron chi connectivity index (χ3n) is 3.68. The van der Waals surface area contributed by atoms with Crippen LogP contribution in [-0.2, 0) is 0 Å². The standard InChI is InChI=1S/C18H23NO/c1-4-6-9-15(5-2)16-10-11-17(18(14-16)20-3)19-12-7-8-13-19/h4-6,9-11,14H,1,7-8,12-13H2,2-3H3/b9-6-,15-5+. The highest BCUT2D eigenvalue weighted by Gasteiger charge is 2.16. The number of nitrogens with zero attached hydrogens (tertiary/aromatic N) is 1. The average molecular weight is 269 g/mol. The van der Waals surface area contributed by atoms with Gasteiger partial charge in [0.2, 0.25) is 0 Å². The summed E-state index contributed by atoms with van der Waals surface area (Å²) in [4.78, 5) is 2.40. The molecule has 0 radical (unpaired) electrons. The number of rotatable bonds is 5. The van der Waals surface area contributed by atoms with Crippen LogP contribution in [0.1, 0.15) is 25.3 Å². The van der Waals surface area contributed by atoms with Crippen LogP contribution in [0.2, 0.25) is 0 Å². The Morgan fingerprint density at radius 3 is 2.65 bits per heavy atom. The van der Waals surface area contributed by atoms with E-state index >= 15 is 0 Å². The maximum Gasteiger partial charge on any atom is 0.142 e. The van der Waals surface area contributed by atoms with Crippen molar-refractivity contribution in [3.8, 4) is 5.75 Å². The van der Waals surface area contributed by atoms with E-state index in [1.165, 1.54) is 29.7 Å². The number of methoxy groups -OCH3 is 1. The molecule has 0 saturated carbocycles. The van der Waals surface area contributed by atoms with Crippen molar-refractivity contribution in [3.63, 3.8) is 0 Å². The maximum atomic E-state index is 5.58. The van der Waals surface area contributed by atoms with Gasteiger partial charge in [-0.25, -0.2) is 0 Å². The Hall–Kier alpha value is -1.96. The zero-order chi connectivity index (χ0) is 14.4. The summed E-state index contributed by atoms with van der Waals surface area (Å²) in [6, 6.07) is 6.46. The zero-order valence-electron chi connectivity index (χ0n) is 12.4. The summed E-state index contributed by atoms with van der Waals surface area (Å²) < 4.78 is 5.58. The number of ether oxygens (including phenoxy) is 1. The normalized spacial score (nSPS) is 15.9. The van der Waals surface area contributed by atoms with Crippen LogP contribution in [0.4, 0.5) is 5.69 Å². The molecule has 106 valence electrons. The summed E-state index contributed by atoms with van der Waals surface area (Å²) >= 11 is 0. The van der Waals surface area contributed by atoms with Crippen LogP contribution < -0.4 is 9.64 Å². The van der Waals surface area contributed by atoms with E-state index in [1.807, 2.05) is 13.0 Å². The Morgan fingerprint density at radius 1 is 1.30 bits per heavy atom. The molecule has 0 N–H and O–H groups in total. The van der Waals surface area contributed by atoms with Gasteiger partial charge in [0.05, 0.1) is 12.8 Å². The van der Waals surface area contributed by atoms with E-state index in [9.17, 15) is 0 Å². The van der Waals surface area contributed by atoms with Crippen molar-refractivity contribution in [1.29, 1.82) is 0 Å². The highest BCUT2D eigenvalue weighted by molar-refractivity contribution is 5.77. The van der Waals surface area contributed by atoms with E-state index in [1.54, 1.807) is 13.2 Å².